The maximum Gasteiger partial charge on any atom is 0.387 e. The molecule has 0 radical (unpaired) electrons. The van der Waals surface area contributed by atoms with E-state index in [2.05, 4.69) is 15.0 Å². The van der Waals surface area contributed by atoms with Crippen molar-refractivity contribution >= 4 is 12.0 Å². The monoisotopic (exact) mass is 326 g/mol. The molecule has 0 saturated carbocycles. The number of nitrogens with one attached hydrogen (secondary N) is 1. The molecule has 1 aliphatic rings. The molecule has 5 nitrogen and oxygen atoms in total. The van der Waals surface area contributed by atoms with Gasteiger partial charge in [-0.25, -0.2) is 0 Å². The number of amides is 1. The SMILES string of the molecule is CN1CCOC(CNC(=O)/C=C/c2ccccc2OC(F)F)C1. The van der Waals surface area contributed by atoms with Gasteiger partial charge in [0.15, 0.2) is 0 Å². The molecule has 0 spiro atoms. The third-order valence-corrected chi connectivity index (χ3v) is 3.40. The summed E-state index contributed by atoms with van der Waals surface area (Å²) in [5.41, 5.74) is 0.414. The molecule has 1 heterocycles. The number of morpholine rings is 1. The highest BCUT2D eigenvalue weighted by Crippen LogP contribution is 2.21. The van der Waals surface area contributed by atoms with E-state index in [1.807, 2.05) is 7.05 Å². The summed E-state index contributed by atoms with van der Waals surface area (Å²) >= 11 is 0. The van der Waals surface area contributed by atoms with E-state index >= 15 is 0 Å². The van der Waals surface area contributed by atoms with Crippen LogP contribution in [0.2, 0.25) is 0 Å². The van der Waals surface area contributed by atoms with Crippen LogP contribution < -0.4 is 10.1 Å². The number of halogens is 2. The summed E-state index contributed by atoms with van der Waals surface area (Å²) in [6.07, 6.45) is 2.70. The van der Waals surface area contributed by atoms with Crippen LogP contribution in [0.3, 0.4) is 0 Å². The Balaban J connectivity index is 1.86. The van der Waals surface area contributed by atoms with E-state index < -0.39 is 6.61 Å². The smallest absolute Gasteiger partial charge is 0.387 e. The fourth-order valence-electron chi connectivity index (χ4n) is 2.25. The Bertz CT molecular complexity index is 552. The lowest BCUT2D eigenvalue weighted by atomic mass is 10.2. The Kier molecular flexibility index (Phi) is 6.49. The first-order chi connectivity index (χ1) is 11.0. The van der Waals surface area contributed by atoms with Crippen molar-refractivity contribution in [2.75, 3.05) is 33.3 Å². The van der Waals surface area contributed by atoms with Crippen molar-refractivity contribution < 1.29 is 23.0 Å². The number of benzene rings is 1. The van der Waals surface area contributed by atoms with Crippen LogP contribution in [0.5, 0.6) is 5.75 Å². The summed E-state index contributed by atoms with van der Waals surface area (Å²) in [6.45, 7) is -0.215. The quantitative estimate of drug-likeness (QED) is 0.809. The predicted molar refractivity (Wildman–Crippen MR) is 82.4 cm³/mol. The third-order valence-electron chi connectivity index (χ3n) is 3.40. The van der Waals surface area contributed by atoms with Gasteiger partial charge < -0.3 is 19.7 Å². The summed E-state index contributed by atoms with van der Waals surface area (Å²) in [5, 5.41) is 2.74. The normalized spacial score (nSPS) is 19.2. The van der Waals surface area contributed by atoms with Crippen molar-refractivity contribution in [2.45, 2.75) is 12.7 Å². The average Bonchev–Trinajstić information content (AvgIpc) is 2.51. The largest absolute Gasteiger partial charge is 0.434 e. The summed E-state index contributed by atoms with van der Waals surface area (Å²) in [5.74, 6) is -0.280. The maximum atomic E-state index is 12.3. The number of alkyl halides is 2. The van der Waals surface area contributed by atoms with Crippen LogP contribution in [0, 0.1) is 0 Å². The molecule has 1 aromatic carbocycles. The lowest BCUT2D eigenvalue weighted by Crippen LogP contribution is -2.45. The lowest BCUT2D eigenvalue weighted by molar-refractivity contribution is -0.117. The topological polar surface area (TPSA) is 50.8 Å². The van der Waals surface area contributed by atoms with Gasteiger partial charge in [-0.2, -0.15) is 8.78 Å². The number of ether oxygens (including phenoxy) is 2. The molecule has 1 saturated heterocycles. The zero-order chi connectivity index (χ0) is 16.7. The zero-order valence-corrected chi connectivity index (χ0v) is 12.9. The minimum Gasteiger partial charge on any atom is -0.434 e. The number of para-hydroxylation sites is 1. The van der Waals surface area contributed by atoms with E-state index in [0.717, 1.165) is 13.1 Å². The second kappa shape index (κ2) is 8.59. The zero-order valence-electron chi connectivity index (χ0n) is 12.9. The fraction of sp³-hybridized carbons (Fsp3) is 0.438. The van der Waals surface area contributed by atoms with Crippen molar-refractivity contribution in [3.8, 4) is 5.75 Å². The van der Waals surface area contributed by atoms with Gasteiger partial charge in [-0.3, -0.25) is 4.79 Å². The molecule has 1 aromatic rings. The molecule has 1 atom stereocenters. The van der Waals surface area contributed by atoms with Crippen molar-refractivity contribution in [1.29, 1.82) is 0 Å². The van der Waals surface area contributed by atoms with Crippen molar-refractivity contribution in [1.82, 2.24) is 10.2 Å². The van der Waals surface area contributed by atoms with E-state index in [9.17, 15) is 13.6 Å². The first kappa shape index (κ1) is 17.4. The van der Waals surface area contributed by atoms with Crippen LogP contribution >= 0.6 is 0 Å². The second-order valence-corrected chi connectivity index (χ2v) is 5.25. The number of hydrogen-bond acceptors (Lipinski definition) is 4. The Morgan fingerprint density at radius 2 is 2.30 bits per heavy atom. The maximum absolute atomic E-state index is 12.3. The number of hydrogen-bond donors (Lipinski definition) is 1. The first-order valence-electron chi connectivity index (χ1n) is 7.34. The van der Waals surface area contributed by atoms with Crippen LogP contribution in [-0.2, 0) is 9.53 Å². The molecule has 0 aliphatic carbocycles. The molecule has 0 aromatic heterocycles. The Labute approximate surface area is 133 Å². The van der Waals surface area contributed by atoms with Crippen molar-refractivity contribution in [2.24, 2.45) is 0 Å². The summed E-state index contributed by atoms with van der Waals surface area (Å²) in [7, 11) is 2.00. The van der Waals surface area contributed by atoms with Crippen LogP contribution in [0.4, 0.5) is 8.78 Å². The van der Waals surface area contributed by atoms with Gasteiger partial charge in [0.25, 0.3) is 0 Å². The molecule has 23 heavy (non-hydrogen) atoms. The van der Waals surface area contributed by atoms with E-state index in [1.54, 1.807) is 18.2 Å². The van der Waals surface area contributed by atoms with Gasteiger partial charge in [-0.15, -0.1) is 0 Å². The van der Waals surface area contributed by atoms with E-state index in [4.69, 9.17) is 4.74 Å². The Morgan fingerprint density at radius 1 is 1.52 bits per heavy atom. The summed E-state index contributed by atoms with van der Waals surface area (Å²) < 4.78 is 34.6. The first-order valence-corrected chi connectivity index (χ1v) is 7.34. The average molecular weight is 326 g/mol. The van der Waals surface area contributed by atoms with Crippen molar-refractivity contribution in [3.63, 3.8) is 0 Å². The molecule has 1 aliphatic heterocycles. The number of nitrogens with zero attached hydrogens (tertiary/aromatic N) is 1. The molecule has 1 N–H and O–H groups in total. The molecular formula is C16H20F2N2O3. The molecule has 2 rings (SSSR count). The Morgan fingerprint density at radius 3 is 3.04 bits per heavy atom. The summed E-state index contributed by atoms with van der Waals surface area (Å²) in [4.78, 5) is 14.0. The molecule has 7 heteroatoms. The fourth-order valence-corrected chi connectivity index (χ4v) is 2.25. The highest BCUT2D eigenvalue weighted by atomic mass is 19.3. The highest BCUT2D eigenvalue weighted by Gasteiger charge is 2.17. The van der Waals surface area contributed by atoms with Gasteiger partial charge in [0.1, 0.15) is 5.75 Å². The lowest BCUT2D eigenvalue weighted by Gasteiger charge is -2.29. The van der Waals surface area contributed by atoms with Crippen LogP contribution in [0.1, 0.15) is 5.56 Å². The van der Waals surface area contributed by atoms with E-state index in [-0.39, 0.29) is 17.8 Å². The number of likely N-dealkylation sites (N-methyl/N-ethyl adjacent to an activating group) is 1. The number of carbonyl (C=O) groups is 1. The third kappa shape index (κ3) is 5.96. The number of carbonyl (C=O) groups excluding carboxylic acids is 1. The van der Waals surface area contributed by atoms with Gasteiger partial charge in [0.2, 0.25) is 5.91 Å². The molecule has 1 fully saturated rings. The van der Waals surface area contributed by atoms with E-state index in [1.165, 1.54) is 18.2 Å². The molecule has 126 valence electrons. The molecular weight excluding hydrogens is 306 g/mol. The van der Waals surface area contributed by atoms with Crippen LogP contribution in [0.25, 0.3) is 6.08 Å². The van der Waals surface area contributed by atoms with Gasteiger partial charge in [-0.05, 0) is 19.2 Å². The molecule has 1 unspecified atom stereocenters. The van der Waals surface area contributed by atoms with Gasteiger partial charge in [-0.1, -0.05) is 18.2 Å². The van der Waals surface area contributed by atoms with Gasteiger partial charge in [0.05, 0.1) is 12.7 Å². The number of rotatable bonds is 6. The minimum atomic E-state index is -2.90. The highest BCUT2D eigenvalue weighted by molar-refractivity contribution is 5.92. The predicted octanol–water partition coefficient (Wildman–Crippen LogP) is 1.75. The van der Waals surface area contributed by atoms with Crippen LogP contribution in [0.15, 0.2) is 30.3 Å². The molecule has 1 amide bonds. The van der Waals surface area contributed by atoms with Gasteiger partial charge in [0, 0.05) is 31.3 Å². The van der Waals surface area contributed by atoms with Gasteiger partial charge >= 0.3 is 6.61 Å². The van der Waals surface area contributed by atoms with E-state index in [0.29, 0.717) is 18.7 Å². The summed E-state index contributed by atoms with van der Waals surface area (Å²) in [6, 6.07) is 6.30. The minimum absolute atomic E-state index is 0.0313. The standard InChI is InChI=1S/C16H20F2N2O3/c1-20-8-9-22-13(11-20)10-19-15(21)7-6-12-4-2-3-5-14(12)23-16(17)18/h2-7,13,16H,8-11H2,1H3,(H,19,21)/b7-6+. The second-order valence-electron chi connectivity index (χ2n) is 5.25. The van der Waals surface area contributed by atoms with Crippen LogP contribution in [-0.4, -0.2) is 56.8 Å². The van der Waals surface area contributed by atoms with Crippen molar-refractivity contribution in [3.05, 3.63) is 35.9 Å². The Hall–Kier alpha value is -1.99. The molecule has 0 bridgehead atoms.